The highest BCUT2D eigenvalue weighted by Gasteiger charge is 2.32. The first-order valence-corrected chi connectivity index (χ1v) is 11.1. The highest BCUT2D eigenvalue weighted by molar-refractivity contribution is 6.32. The van der Waals surface area contributed by atoms with E-state index in [1.54, 1.807) is 18.2 Å². The quantitative estimate of drug-likeness (QED) is 0.548. The lowest BCUT2D eigenvalue weighted by molar-refractivity contribution is -0.321. The zero-order valence-electron chi connectivity index (χ0n) is 18.1. The summed E-state index contributed by atoms with van der Waals surface area (Å²) >= 11 is 6.56. The Labute approximate surface area is 203 Å². The van der Waals surface area contributed by atoms with Gasteiger partial charge in [-0.1, -0.05) is 29.8 Å². The van der Waals surface area contributed by atoms with Crippen LogP contribution < -0.4 is 15.5 Å². The second kappa shape index (κ2) is 9.71. The number of hydrogen-bond donors (Lipinski definition) is 1. The number of carbonyl (C=O) groups is 2. The van der Waals surface area contributed by atoms with Gasteiger partial charge in [0.2, 0.25) is 0 Å². The lowest BCUT2D eigenvalue weighted by Gasteiger charge is -2.30. The number of nitrogens with one attached hydrogen (secondary N) is 1. The molecule has 0 fully saturated rings. The van der Waals surface area contributed by atoms with Crippen molar-refractivity contribution in [1.82, 2.24) is 15.1 Å². The molecule has 7 nitrogen and oxygen atoms in total. The molecule has 2 atom stereocenters. The Morgan fingerprint density at radius 2 is 1.86 bits per heavy atom. The number of aromatic nitrogens is 2. The topological polar surface area (TPSA) is 110 Å². The van der Waals surface area contributed by atoms with Crippen LogP contribution in [0.25, 0.3) is 16.9 Å². The van der Waals surface area contributed by atoms with Gasteiger partial charge in [0.1, 0.15) is 0 Å². The fourth-order valence-corrected chi connectivity index (χ4v) is 4.76. The monoisotopic (exact) mass is 505 g/mol. The highest BCUT2D eigenvalue weighted by Crippen LogP contribution is 2.38. The van der Waals surface area contributed by atoms with Gasteiger partial charge in [-0.05, 0) is 54.8 Å². The van der Waals surface area contributed by atoms with Gasteiger partial charge in [-0.3, -0.25) is 0 Å². The van der Waals surface area contributed by atoms with Crippen molar-refractivity contribution in [2.75, 3.05) is 13.1 Å². The number of carboxylic acid groups (broad SMARTS) is 2. The number of benzene rings is 2. The molecule has 0 spiro atoms. The van der Waals surface area contributed by atoms with E-state index in [9.17, 15) is 33.0 Å². The molecule has 0 aliphatic carbocycles. The molecule has 2 unspecified atom stereocenters. The molecule has 0 saturated heterocycles. The molecule has 184 valence electrons. The summed E-state index contributed by atoms with van der Waals surface area (Å²) < 4.78 is 40.5. The smallest absolute Gasteiger partial charge is 0.416 e. The SMILES string of the molecule is O=C([O-])CC(C(=O)[O-])C1CNCCc2c1ccc(Cl)c2-n1nccc1-c1ccc(C(F)(F)F)cc1. The first-order chi connectivity index (χ1) is 16.6. The maximum Gasteiger partial charge on any atom is 0.416 e. The fourth-order valence-electron chi connectivity index (χ4n) is 4.50. The van der Waals surface area contributed by atoms with Crippen molar-refractivity contribution in [3.05, 3.63) is 70.4 Å². The molecular formula is C24H19ClF3N3O4-2. The number of nitrogens with zero attached hydrogens (tertiary/aromatic N) is 2. The minimum Gasteiger partial charge on any atom is -0.550 e. The standard InChI is InChI=1S/C24H21ClF3N3O4/c25-19-6-5-15-16(7-9-29-12-18(15)17(23(34)35)11-21(32)33)22(19)31-20(8-10-30-31)13-1-3-14(4-2-13)24(26,27)28/h1-6,8,10,17-18,29H,7,9,11-12H2,(H,32,33)(H,34,35)/p-2. The normalized spacial score (nSPS) is 16.9. The third-order valence-corrected chi connectivity index (χ3v) is 6.43. The zero-order valence-corrected chi connectivity index (χ0v) is 18.9. The minimum absolute atomic E-state index is 0.199. The van der Waals surface area contributed by atoms with Crippen LogP contribution in [0.2, 0.25) is 5.02 Å². The Morgan fingerprint density at radius 3 is 2.49 bits per heavy atom. The predicted molar refractivity (Wildman–Crippen MR) is 116 cm³/mol. The third kappa shape index (κ3) is 5.03. The van der Waals surface area contributed by atoms with Crippen molar-refractivity contribution >= 4 is 23.5 Å². The Bertz CT molecular complexity index is 1260. The van der Waals surface area contributed by atoms with E-state index in [0.717, 1.165) is 12.1 Å². The fraction of sp³-hybridized carbons (Fsp3) is 0.292. The van der Waals surface area contributed by atoms with Gasteiger partial charge in [-0.25, -0.2) is 4.68 Å². The molecule has 0 radical (unpaired) electrons. The van der Waals surface area contributed by atoms with Crippen LogP contribution in [0.1, 0.15) is 29.0 Å². The van der Waals surface area contributed by atoms with Crippen LogP contribution in [-0.2, 0) is 22.2 Å². The van der Waals surface area contributed by atoms with Crippen molar-refractivity contribution in [3.63, 3.8) is 0 Å². The number of alkyl halides is 3. The van der Waals surface area contributed by atoms with Crippen LogP contribution in [0.15, 0.2) is 48.7 Å². The van der Waals surface area contributed by atoms with E-state index in [0.29, 0.717) is 46.1 Å². The maximum atomic E-state index is 13.0. The summed E-state index contributed by atoms with van der Waals surface area (Å²) in [7, 11) is 0. The van der Waals surface area contributed by atoms with E-state index in [4.69, 9.17) is 11.6 Å². The molecule has 1 aromatic heterocycles. The van der Waals surface area contributed by atoms with Crippen LogP contribution in [0.5, 0.6) is 0 Å². The summed E-state index contributed by atoms with van der Waals surface area (Å²) in [5.74, 6) is -5.09. The largest absolute Gasteiger partial charge is 0.550 e. The zero-order chi connectivity index (χ0) is 25.3. The summed E-state index contributed by atoms with van der Waals surface area (Å²) in [4.78, 5) is 23.0. The van der Waals surface area contributed by atoms with E-state index < -0.39 is 41.9 Å². The summed E-state index contributed by atoms with van der Waals surface area (Å²) in [6, 6.07) is 9.48. The van der Waals surface area contributed by atoms with Crippen molar-refractivity contribution < 1.29 is 33.0 Å². The summed E-state index contributed by atoms with van der Waals surface area (Å²) in [5, 5.41) is 30.8. The molecule has 1 aliphatic heterocycles. The Kier molecular flexibility index (Phi) is 6.86. The summed E-state index contributed by atoms with van der Waals surface area (Å²) in [6.07, 6.45) is -3.28. The number of fused-ring (bicyclic) bond motifs is 1. The van der Waals surface area contributed by atoms with Gasteiger partial charge in [0, 0.05) is 35.9 Å². The van der Waals surface area contributed by atoms with Gasteiger partial charge in [-0.2, -0.15) is 18.3 Å². The minimum atomic E-state index is -4.47. The van der Waals surface area contributed by atoms with Crippen LogP contribution in [0.4, 0.5) is 13.2 Å². The third-order valence-electron chi connectivity index (χ3n) is 6.12. The van der Waals surface area contributed by atoms with Gasteiger partial charge in [-0.15, -0.1) is 0 Å². The van der Waals surface area contributed by atoms with E-state index in [2.05, 4.69) is 10.4 Å². The lowest BCUT2D eigenvalue weighted by Crippen LogP contribution is -2.41. The Morgan fingerprint density at radius 1 is 1.14 bits per heavy atom. The van der Waals surface area contributed by atoms with E-state index in [1.807, 2.05) is 0 Å². The number of hydrogen-bond acceptors (Lipinski definition) is 6. The van der Waals surface area contributed by atoms with Crippen molar-refractivity contribution in [3.8, 4) is 16.9 Å². The Balaban J connectivity index is 1.83. The number of aliphatic carboxylic acids is 2. The Hall–Kier alpha value is -3.37. The summed E-state index contributed by atoms with van der Waals surface area (Å²) in [5.41, 5.74) is 1.86. The van der Waals surface area contributed by atoms with Gasteiger partial charge < -0.3 is 25.1 Å². The van der Waals surface area contributed by atoms with E-state index in [-0.39, 0.29) is 6.54 Å². The lowest BCUT2D eigenvalue weighted by atomic mass is 9.81. The second-order valence-electron chi connectivity index (χ2n) is 8.23. The molecule has 2 aromatic carbocycles. The average molecular weight is 506 g/mol. The van der Waals surface area contributed by atoms with Crippen molar-refractivity contribution in [1.29, 1.82) is 0 Å². The molecule has 11 heteroatoms. The van der Waals surface area contributed by atoms with Crippen molar-refractivity contribution in [2.45, 2.75) is 24.9 Å². The first kappa shape index (κ1) is 24.7. The van der Waals surface area contributed by atoms with Gasteiger partial charge in [0.25, 0.3) is 0 Å². The van der Waals surface area contributed by atoms with Crippen LogP contribution in [-0.4, -0.2) is 34.8 Å². The molecule has 2 heterocycles. The number of rotatable bonds is 6. The molecule has 1 aliphatic rings. The van der Waals surface area contributed by atoms with Gasteiger partial charge in [0.05, 0.1) is 28.2 Å². The van der Waals surface area contributed by atoms with E-state index in [1.165, 1.54) is 23.0 Å². The molecule has 4 rings (SSSR count). The second-order valence-corrected chi connectivity index (χ2v) is 8.64. The molecule has 0 bridgehead atoms. The molecule has 0 saturated carbocycles. The van der Waals surface area contributed by atoms with Crippen LogP contribution in [0, 0.1) is 5.92 Å². The highest BCUT2D eigenvalue weighted by atomic mass is 35.5. The number of halogens is 4. The maximum absolute atomic E-state index is 13.0. The molecule has 3 aromatic rings. The molecular weight excluding hydrogens is 487 g/mol. The molecule has 1 N–H and O–H groups in total. The number of carbonyl (C=O) groups excluding carboxylic acids is 2. The molecule has 0 amide bonds. The van der Waals surface area contributed by atoms with Crippen molar-refractivity contribution in [2.24, 2.45) is 5.92 Å². The average Bonchev–Trinajstić information content (AvgIpc) is 3.17. The van der Waals surface area contributed by atoms with Gasteiger partial charge in [0.15, 0.2) is 0 Å². The van der Waals surface area contributed by atoms with Gasteiger partial charge >= 0.3 is 6.18 Å². The first-order valence-electron chi connectivity index (χ1n) is 10.7. The summed E-state index contributed by atoms with van der Waals surface area (Å²) in [6.45, 7) is 0.656. The number of carboxylic acids is 2. The molecule has 35 heavy (non-hydrogen) atoms. The predicted octanol–water partition coefficient (Wildman–Crippen LogP) is 1.95. The van der Waals surface area contributed by atoms with Crippen LogP contribution in [0.3, 0.4) is 0 Å². The van der Waals surface area contributed by atoms with E-state index >= 15 is 0 Å². The van der Waals surface area contributed by atoms with Crippen LogP contribution >= 0.6 is 11.6 Å².